The van der Waals surface area contributed by atoms with Gasteiger partial charge < -0.3 is 9.47 Å². The van der Waals surface area contributed by atoms with E-state index >= 15 is 0 Å². The minimum absolute atomic E-state index is 0.318. The van der Waals surface area contributed by atoms with E-state index in [1.807, 2.05) is 68.4 Å². The Morgan fingerprint density at radius 2 is 1.87 bits per heavy atom. The van der Waals surface area contributed by atoms with Crippen molar-refractivity contribution in [2.45, 2.75) is 26.4 Å². The first-order valence-corrected chi connectivity index (χ1v) is 11.2. The molecular formula is C23H22Br2N2O3. The van der Waals surface area contributed by atoms with Gasteiger partial charge in [0.2, 0.25) is 0 Å². The minimum Gasteiger partial charge on any atom is -0.493 e. The molecule has 1 N–H and O–H groups in total. The smallest absolute Gasteiger partial charge is 0.281 e. The Labute approximate surface area is 192 Å². The number of nitrogens with zero attached hydrogens (tertiary/aromatic N) is 1. The van der Waals surface area contributed by atoms with Crippen molar-refractivity contribution in [2.75, 3.05) is 6.61 Å². The molecule has 30 heavy (non-hydrogen) atoms. The van der Waals surface area contributed by atoms with Gasteiger partial charge in [-0.05, 0) is 64.3 Å². The SMILES string of the molecule is CCOc1ccc(Br)cc1/C=N\NC(=O)[C@@H](CC)Oc1ccc2ccccc2c1Br. The molecule has 5 nitrogen and oxygen atoms in total. The van der Waals surface area contributed by atoms with Crippen molar-refractivity contribution in [3.8, 4) is 11.5 Å². The fourth-order valence-corrected chi connectivity index (χ4v) is 3.89. The third kappa shape index (κ3) is 5.40. The molecule has 0 bridgehead atoms. The van der Waals surface area contributed by atoms with Gasteiger partial charge in [0.15, 0.2) is 6.10 Å². The average molecular weight is 534 g/mol. The van der Waals surface area contributed by atoms with Crippen LogP contribution in [0.3, 0.4) is 0 Å². The molecule has 7 heteroatoms. The van der Waals surface area contributed by atoms with Gasteiger partial charge in [0.25, 0.3) is 5.91 Å². The summed E-state index contributed by atoms with van der Waals surface area (Å²) in [6, 6.07) is 17.4. The Hall–Kier alpha value is -2.38. The Morgan fingerprint density at radius 1 is 1.10 bits per heavy atom. The first-order chi connectivity index (χ1) is 14.5. The third-order valence-electron chi connectivity index (χ3n) is 4.41. The maximum absolute atomic E-state index is 12.6. The van der Waals surface area contributed by atoms with Gasteiger partial charge in [0.1, 0.15) is 11.5 Å². The second-order valence-corrected chi connectivity index (χ2v) is 8.17. The summed E-state index contributed by atoms with van der Waals surface area (Å²) >= 11 is 7.03. The lowest BCUT2D eigenvalue weighted by molar-refractivity contribution is -0.128. The molecular weight excluding hydrogens is 512 g/mol. The molecule has 0 aromatic heterocycles. The van der Waals surface area contributed by atoms with Crippen LogP contribution in [0, 0.1) is 0 Å². The normalized spacial score (nSPS) is 12.1. The van der Waals surface area contributed by atoms with Crippen molar-refractivity contribution in [1.29, 1.82) is 0 Å². The molecule has 3 rings (SSSR count). The molecule has 156 valence electrons. The fraction of sp³-hybridized carbons (Fsp3) is 0.217. The lowest BCUT2D eigenvalue weighted by Crippen LogP contribution is -2.35. The fourth-order valence-electron chi connectivity index (χ4n) is 2.92. The van der Waals surface area contributed by atoms with Gasteiger partial charge in [-0.1, -0.05) is 53.2 Å². The summed E-state index contributed by atoms with van der Waals surface area (Å²) in [7, 11) is 0. The Bertz CT molecular complexity index is 1070. The summed E-state index contributed by atoms with van der Waals surface area (Å²) in [5, 5.41) is 6.22. The molecule has 0 aliphatic rings. The summed E-state index contributed by atoms with van der Waals surface area (Å²) in [6.07, 6.45) is 1.39. The van der Waals surface area contributed by atoms with Crippen LogP contribution < -0.4 is 14.9 Å². The highest BCUT2D eigenvalue weighted by molar-refractivity contribution is 9.11. The minimum atomic E-state index is -0.673. The van der Waals surface area contributed by atoms with E-state index in [2.05, 4.69) is 42.4 Å². The summed E-state index contributed by atoms with van der Waals surface area (Å²) in [6.45, 7) is 4.35. The summed E-state index contributed by atoms with van der Waals surface area (Å²) in [5.41, 5.74) is 3.33. The maximum Gasteiger partial charge on any atom is 0.281 e. The predicted octanol–water partition coefficient (Wildman–Crippen LogP) is 6.07. The van der Waals surface area contributed by atoms with Gasteiger partial charge in [-0.25, -0.2) is 5.43 Å². The Morgan fingerprint density at radius 3 is 2.63 bits per heavy atom. The number of halogens is 2. The van der Waals surface area contributed by atoms with Gasteiger partial charge in [-0.3, -0.25) is 4.79 Å². The van der Waals surface area contributed by atoms with Crippen LogP contribution >= 0.6 is 31.9 Å². The van der Waals surface area contributed by atoms with E-state index < -0.39 is 6.10 Å². The zero-order valence-electron chi connectivity index (χ0n) is 16.7. The second-order valence-electron chi connectivity index (χ2n) is 6.46. The number of benzene rings is 3. The van der Waals surface area contributed by atoms with E-state index in [1.165, 1.54) is 0 Å². The quantitative estimate of drug-likeness (QED) is 0.282. The molecule has 0 saturated carbocycles. The monoisotopic (exact) mass is 532 g/mol. The Kier molecular flexibility index (Phi) is 7.87. The summed E-state index contributed by atoms with van der Waals surface area (Å²) in [4.78, 5) is 12.6. The van der Waals surface area contributed by atoms with Crippen LogP contribution in [0.25, 0.3) is 10.8 Å². The van der Waals surface area contributed by atoms with Crippen LogP contribution in [0.5, 0.6) is 11.5 Å². The van der Waals surface area contributed by atoms with Gasteiger partial charge in [-0.2, -0.15) is 5.10 Å². The van der Waals surface area contributed by atoms with Gasteiger partial charge in [0, 0.05) is 10.0 Å². The molecule has 1 amide bonds. The van der Waals surface area contributed by atoms with Crippen molar-refractivity contribution in [2.24, 2.45) is 5.10 Å². The lowest BCUT2D eigenvalue weighted by Gasteiger charge is -2.17. The first kappa shape index (κ1) is 22.3. The van der Waals surface area contributed by atoms with Crippen molar-refractivity contribution >= 4 is 54.8 Å². The molecule has 0 heterocycles. The zero-order valence-corrected chi connectivity index (χ0v) is 19.9. The number of hydrogen-bond acceptors (Lipinski definition) is 4. The number of fused-ring (bicyclic) bond motifs is 1. The second kappa shape index (κ2) is 10.6. The molecule has 3 aromatic carbocycles. The number of rotatable bonds is 8. The van der Waals surface area contributed by atoms with E-state index in [0.29, 0.717) is 24.5 Å². The van der Waals surface area contributed by atoms with Crippen LogP contribution in [0.4, 0.5) is 0 Å². The summed E-state index contributed by atoms with van der Waals surface area (Å²) in [5.74, 6) is 0.995. The number of carbonyl (C=O) groups is 1. The third-order valence-corrected chi connectivity index (χ3v) is 5.72. The van der Waals surface area contributed by atoms with Crippen LogP contribution in [0.15, 0.2) is 68.6 Å². The zero-order chi connectivity index (χ0) is 21.5. The average Bonchev–Trinajstić information content (AvgIpc) is 2.75. The lowest BCUT2D eigenvalue weighted by atomic mass is 10.1. The maximum atomic E-state index is 12.6. The van der Waals surface area contributed by atoms with Crippen molar-refractivity contribution in [3.05, 3.63) is 69.1 Å². The van der Waals surface area contributed by atoms with Crippen molar-refractivity contribution in [1.82, 2.24) is 5.43 Å². The van der Waals surface area contributed by atoms with Crippen molar-refractivity contribution < 1.29 is 14.3 Å². The van der Waals surface area contributed by atoms with Gasteiger partial charge >= 0.3 is 0 Å². The highest BCUT2D eigenvalue weighted by atomic mass is 79.9. The first-order valence-electron chi connectivity index (χ1n) is 9.62. The van der Waals surface area contributed by atoms with Crippen LogP contribution in [0.2, 0.25) is 0 Å². The molecule has 0 radical (unpaired) electrons. The molecule has 0 saturated heterocycles. The van der Waals surface area contributed by atoms with E-state index in [9.17, 15) is 4.79 Å². The number of nitrogens with one attached hydrogen (secondary N) is 1. The van der Waals surface area contributed by atoms with Crippen LogP contribution in [-0.2, 0) is 4.79 Å². The van der Waals surface area contributed by atoms with Crippen LogP contribution in [0.1, 0.15) is 25.8 Å². The number of hydrogen-bond donors (Lipinski definition) is 1. The van der Waals surface area contributed by atoms with Gasteiger partial charge in [-0.15, -0.1) is 0 Å². The molecule has 3 aromatic rings. The van der Waals surface area contributed by atoms with E-state index in [0.717, 1.165) is 25.3 Å². The highest BCUT2D eigenvalue weighted by Gasteiger charge is 2.19. The summed E-state index contributed by atoms with van der Waals surface area (Å²) < 4.78 is 13.3. The molecule has 0 spiro atoms. The topological polar surface area (TPSA) is 59.9 Å². The number of carbonyl (C=O) groups excluding carboxylic acids is 1. The largest absolute Gasteiger partial charge is 0.493 e. The predicted molar refractivity (Wildman–Crippen MR) is 127 cm³/mol. The highest BCUT2D eigenvalue weighted by Crippen LogP contribution is 2.33. The molecule has 0 unspecified atom stereocenters. The van der Waals surface area contributed by atoms with E-state index in [-0.39, 0.29) is 5.91 Å². The number of amides is 1. The number of ether oxygens (including phenoxy) is 2. The van der Waals surface area contributed by atoms with Gasteiger partial charge in [0.05, 0.1) is 17.3 Å². The molecule has 0 aliphatic heterocycles. The molecule has 1 atom stereocenters. The molecule has 0 aliphatic carbocycles. The number of hydrazone groups is 1. The van der Waals surface area contributed by atoms with E-state index in [1.54, 1.807) is 6.21 Å². The van der Waals surface area contributed by atoms with Crippen LogP contribution in [-0.4, -0.2) is 24.8 Å². The van der Waals surface area contributed by atoms with E-state index in [4.69, 9.17) is 9.47 Å². The Balaban J connectivity index is 1.71. The van der Waals surface area contributed by atoms with Crippen molar-refractivity contribution in [3.63, 3.8) is 0 Å². The molecule has 0 fully saturated rings. The standard InChI is InChI=1S/C23H22Br2N2O3/c1-3-19(30-21-11-9-15-7-5-6-8-18(15)22(21)25)23(28)27-26-14-16-13-17(24)10-12-20(16)29-4-2/h5-14,19H,3-4H2,1-2H3,(H,27,28)/b26-14-/t19-/m1/s1.